The van der Waals surface area contributed by atoms with Gasteiger partial charge in [0, 0.05) is 51.9 Å². The fraction of sp³-hybridized carbons (Fsp3) is 0.263. The number of carbonyl (C=O) groups excluding carboxylic acids is 1. The van der Waals surface area contributed by atoms with Gasteiger partial charge in [-0.1, -0.05) is 24.3 Å². The van der Waals surface area contributed by atoms with Gasteiger partial charge in [-0.3, -0.25) is 19.9 Å². The molecule has 150 valence electrons. The van der Waals surface area contributed by atoms with Crippen LogP contribution in [0.15, 0.2) is 53.5 Å². The van der Waals surface area contributed by atoms with Crippen molar-refractivity contribution in [1.82, 2.24) is 15.5 Å². The molecule has 2 N–H and O–H groups in total. The van der Waals surface area contributed by atoms with E-state index in [1.807, 2.05) is 18.2 Å². The van der Waals surface area contributed by atoms with Gasteiger partial charge in [-0.25, -0.2) is 0 Å². The van der Waals surface area contributed by atoms with Gasteiger partial charge in [-0.15, -0.1) is 24.0 Å². The number of hydrogen-bond acceptors (Lipinski definition) is 4. The highest BCUT2D eigenvalue weighted by atomic mass is 127. The van der Waals surface area contributed by atoms with Crippen LogP contribution in [0.25, 0.3) is 0 Å². The molecular formula is C19H24IN5O3. The van der Waals surface area contributed by atoms with Gasteiger partial charge in [-0.2, -0.15) is 0 Å². The molecule has 8 nitrogen and oxygen atoms in total. The average molecular weight is 497 g/mol. The van der Waals surface area contributed by atoms with Crippen molar-refractivity contribution in [2.45, 2.75) is 13.1 Å². The number of non-ortho nitro benzene ring substituents is 1. The van der Waals surface area contributed by atoms with Crippen LogP contribution in [0, 0.1) is 10.1 Å². The summed E-state index contributed by atoms with van der Waals surface area (Å²) in [6, 6.07) is 13.8. The van der Waals surface area contributed by atoms with Crippen molar-refractivity contribution in [2.24, 2.45) is 4.99 Å². The summed E-state index contributed by atoms with van der Waals surface area (Å²) in [5.74, 6) is 0.541. The lowest BCUT2D eigenvalue weighted by atomic mass is 10.1. The fourth-order valence-electron chi connectivity index (χ4n) is 2.40. The summed E-state index contributed by atoms with van der Waals surface area (Å²) in [6.07, 6.45) is 0. The number of carbonyl (C=O) groups is 1. The normalized spacial score (nSPS) is 10.6. The van der Waals surface area contributed by atoms with E-state index in [-0.39, 0.29) is 35.6 Å². The standard InChI is InChI=1S/C19H23N5O3.HI/c1-20-19(22-13-15-5-4-6-17(11-15)24(26)27)21-12-14-7-9-16(10-8-14)18(25)23(2)3;/h4-11H,12-13H2,1-3H3,(H2,20,21,22);1H. The molecule has 2 rings (SSSR count). The van der Waals surface area contributed by atoms with Crippen LogP contribution in [0.2, 0.25) is 0 Å². The zero-order valence-corrected chi connectivity index (χ0v) is 18.3. The third kappa shape index (κ3) is 6.80. The minimum Gasteiger partial charge on any atom is -0.352 e. The molecule has 2 aromatic carbocycles. The number of rotatable bonds is 6. The minimum atomic E-state index is -0.415. The van der Waals surface area contributed by atoms with Crippen molar-refractivity contribution >= 4 is 41.5 Å². The maximum Gasteiger partial charge on any atom is 0.269 e. The summed E-state index contributed by atoms with van der Waals surface area (Å²) in [5, 5.41) is 17.1. The van der Waals surface area contributed by atoms with E-state index in [9.17, 15) is 14.9 Å². The fourth-order valence-corrected chi connectivity index (χ4v) is 2.40. The summed E-state index contributed by atoms with van der Waals surface area (Å²) in [4.78, 5) is 28.0. The lowest BCUT2D eigenvalue weighted by molar-refractivity contribution is -0.384. The largest absolute Gasteiger partial charge is 0.352 e. The van der Waals surface area contributed by atoms with Crippen LogP contribution in [0.4, 0.5) is 5.69 Å². The molecule has 0 aromatic heterocycles. The van der Waals surface area contributed by atoms with Gasteiger partial charge in [0.2, 0.25) is 0 Å². The molecule has 0 aliphatic heterocycles. The molecular weight excluding hydrogens is 473 g/mol. The van der Waals surface area contributed by atoms with E-state index in [0.717, 1.165) is 11.1 Å². The SMILES string of the molecule is CN=C(NCc1ccc(C(=O)N(C)C)cc1)NCc1cccc([N+](=O)[O-])c1.I. The smallest absolute Gasteiger partial charge is 0.269 e. The molecule has 0 aliphatic carbocycles. The van der Waals surface area contributed by atoms with Gasteiger partial charge >= 0.3 is 0 Å². The molecule has 0 fully saturated rings. The van der Waals surface area contributed by atoms with E-state index < -0.39 is 4.92 Å². The summed E-state index contributed by atoms with van der Waals surface area (Å²) in [6.45, 7) is 0.947. The Labute approximate surface area is 181 Å². The number of nitro groups is 1. The molecule has 0 saturated heterocycles. The second kappa shape index (κ2) is 11.2. The highest BCUT2D eigenvalue weighted by Crippen LogP contribution is 2.12. The van der Waals surface area contributed by atoms with Crippen molar-refractivity contribution in [3.63, 3.8) is 0 Å². The molecule has 0 spiro atoms. The number of hydrogen-bond donors (Lipinski definition) is 2. The van der Waals surface area contributed by atoms with Gasteiger partial charge < -0.3 is 15.5 Å². The Bertz CT molecular complexity index is 838. The van der Waals surface area contributed by atoms with Crippen LogP contribution in [-0.4, -0.2) is 42.8 Å². The zero-order valence-electron chi connectivity index (χ0n) is 16.0. The van der Waals surface area contributed by atoms with Crippen LogP contribution in [0.5, 0.6) is 0 Å². The van der Waals surface area contributed by atoms with Crippen LogP contribution in [-0.2, 0) is 13.1 Å². The molecule has 1 amide bonds. The highest BCUT2D eigenvalue weighted by Gasteiger charge is 2.08. The molecule has 2 aromatic rings. The number of benzene rings is 2. The highest BCUT2D eigenvalue weighted by molar-refractivity contribution is 14.0. The molecule has 0 unspecified atom stereocenters. The number of aliphatic imine (C=N–C) groups is 1. The molecule has 9 heteroatoms. The Morgan fingerprint density at radius 3 is 2.21 bits per heavy atom. The molecule has 0 aliphatic rings. The molecule has 0 heterocycles. The molecule has 0 saturated carbocycles. The minimum absolute atomic E-state index is 0. The van der Waals surface area contributed by atoms with Gasteiger partial charge in [0.25, 0.3) is 11.6 Å². The molecule has 0 radical (unpaired) electrons. The van der Waals surface area contributed by atoms with Gasteiger partial charge in [0.15, 0.2) is 5.96 Å². The first-order valence-electron chi connectivity index (χ1n) is 8.39. The number of nitrogens with zero attached hydrogens (tertiary/aromatic N) is 3. The summed E-state index contributed by atoms with van der Waals surface area (Å²) in [7, 11) is 5.09. The van der Waals surface area contributed by atoms with E-state index in [0.29, 0.717) is 24.6 Å². The number of amides is 1. The third-order valence-electron chi connectivity index (χ3n) is 3.87. The van der Waals surface area contributed by atoms with Gasteiger partial charge in [-0.05, 0) is 23.3 Å². The number of guanidine groups is 1. The van der Waals surface area contributed by atoms with Crippen LogP contribution in [0.3, 0.4) is 0 Å². The van der Waals surface area contributed by atoms with E-state index >= 15 is 0 Å². The predicted octanol–water partition coefficient (Wildman–Crippen LogP) is 2.78. The maximum absolute atomic E-state index is 11.9. The number of nitrogens with one attached hydrogen (secondary N) is 2. The molecule has 0 atom stereocenters. The Morgan fingerprint density at radius 1 is 1.07 bits per heavy atom. The van der Waals surface area contributed by atoms with Crippen LogP contribution < -0.4 is 10.6 Å². The number of halogens is 1. The second-order valence-electron chi connectivity index (χ2n) is 6.10. The van der Waals surface area contributed by atoms with E-state index in [1.54, 1.807) is 39.3 Å². The molecule has 28 heavy (non-hydrogen) atoms. The van der Waals surface area contributed by atoms with Crippen molar-refractivity contribution in [1.29, 1.82) is 0 Å². The van der Waals surface area contributed by atoms with Crippen molar-refractivity contribution in [3.8, 4) is 0 Å². The predicted molar refractivity (Wildman–Crippen MR) is 120 cm³/mol. The van der Waals surface area contributed by atoms with Crippen LogP contribution in [0.1, 0.15) is 21.5 Å². The van der Waals surface area contributed by atoms with E-state index in [1.165, 1.54) is 17.0 Å². The second-order valence-corrected chi connectivity index (χ2v) is 6.10. The first-order valence-corrected chi connectivity index (χ1v) is 8.39. The van der Waals surface area contributed by atoms with E-state index in [4.69, 9.17) is 0 Å². The topological polar surface area (TPSA) is 99.9 Å². The average Bonchev–Trinajstić information content (AvgIpc) is 2.68. The third-order valence-corrected chi connectivity index (χ3v) is 3.87. The maximum atomic E-state index is 11.9. The Morgan fingerprint density at radius 2 is 1.68 bits per heavy atom. The van der Waals surface area contributed by atoms with Gasteiger partial charge in [0.1, 0.15) is 0 Å². The number of nitro benzene ring substituents is 1. The van der Waals surface area contributed by atoms with Crippen molar-refractivity contribution < 1.29 is 9.72 Å². The van der Waals surface area contributed by atoms with Gasteiger partial charge in [0.05, 0.1) is 4.92 Å². The lowest BCUT2D eigenvalue weighted by Crippen LogP contribution is -2.36. The summed E-state index contributed by atoms with van der Waals surface area (Å²) in [5.41, 5.74) is 2.49. The summed E-state index contributed by atoms with van der Waals surface area (Å²) < 4.78 is 0. The Hall–Kier alpha value is -2.69. The lowest BCUT2D eigenvalue weighted by Gasteiger charge is -2.13. The zero-order chi connectivity index (χ0) is 19.8. The van der Waals surface area contributed by atoms with Crippen molar-refractivity contribution in [2.75, 3.05) is 21.1 Å². The van der Waals surface area contributed by atoms with Crippen molar-refractivity contribution in [3.05, 3.63) is 75.3 Å². The Balaban J connectivity index is 0.00000392. The van der Waals surface area contributed by atoms with E-state index in [2.05, 4.69) is 15.6 Å². The Kier molecular flexibility index (Phi) is 9.36. The quantitative estimate of drug-likeness (QED) is 0.210. The monoisotopic (exact) mass is 497 g/mol. The first-order chi connectivity index (χ1) is 12.9. The van der Waals surface area contributed by atoms with Crippen LogP contribution >= 0.6 is 24.0 Å². The first kappa shape index (κ1) is 23.3. The molecule has 0 bridgehead atoms. The summed E-state index contributed by atoms with van der Waals surface area (Å²) >= 11 is 0.